The lowest BCUT2D eigenvalue weighted by Crippen LogP contribution is -2.65. The maximum atomic E-state index is 15.8. The van der Waals surface area contributed by atoms with Gasteiger partial charge in [-0.3, -0.25) is 57.5 Å². The molecule has 3 saturated carbocycles. The molecule has 3 heterocycles. The number of nitrogens with one attached hydrogen (secondary N) is 3. The van der Waals surface area contributed by atoms with Gasteiger partial charge in [0.25, 0.3) is 0 Å². The molecule has 2 aromatic carbocycles. The molecule has 1 unspecified atom stereocenters. The van der Waals surface area contributed by atoms with Crippen LogP contribution in [0.5, 0.6) is 0 Å². The van der Waals surface area contributed by atoms with Crippen molar-refractivity contribution in [2.75, 3.05) is 88.6 Å². The summed E-state index contributed by atoms with van der Waals surface area (Å²) in [6.45, 7) is 2.00. The third-order valence-corrected chi connectivity index (χ3v) is 22.7. The molecule has 0 aromatic heterocycles. The van der Waals surface area contributed by atoms with E-state index in [1.807, 2.05) is 0 Å². The van der Waals surface area contributed by atoms with Gasteiger partial charge in [0.2, 0.25) is 70.9 Å². The molecule has 104 heavy (non-hydrogen) atoms. The molecule has 8 rings (SSSR count). The molecule has 12 amide bonds. The van der Waals surface area contributed by atoms with Crippen molar-refractivity contribution in [3.05, 3.63) is 69.7 Å². The second kappa shape index (κ2) is 34.9. The number of carbonyl (C=O) groups is 12. The lowest BCUT2D eigenvalue weighted by atomic mass is 9.78. The first-order chi connectivity index (χ1) is 49.0. The standard InChI is InChI=1S/C73H101ClF6N12O12/c1-10-44(2)60-68(102)86(5)42-58(95)84(3)43-59(96)87(6)54(39-46-25-29-49(30-26-46)72(75,76)77)66(100)85(4)41-56(93)81-52(32-28-45-27-31-50(51(74)38-45)73(78,79)80)65(99)92-37-19-24-53(92)63(97)83-71(33-14-15-34-71)70(104)90(9)62(48-20-12-11-13-21-48)69(103)88(7)55(67(101)91-35-16-17-36-91)40-57(94)89(8)61(64(98)82-60)47-22-18-23-47/h25-27,29-31,38,44,47-48,52-55,60-62H,10-24,28,32-37,39-43H2,1-9H3,(H,81,93)(H,82,98)(H,83,97)/t44-,52-,53?,54-,55-,60-,61-,62-/m0/s1. The lowest BCUT2D eigenvalue weighted by Gasteiger charge is -2.43. The fourth-order valence-electron chi connectivity index (χ4n) is 15.5. The highest BCUT2D eigenvalue weighted by molar-refractivity contribution is 6.31. The van der Waals surface area contributed by atoms with E-state index < -0.39 is 192 Å². The summed E-state index contributed by atoms with van der Waals surface area (Å²) in [4.78, 5) is 190. The van der Waals surface area contributed by atoms with Crippen LogP contribution in [0.4, 0.5) is 26.3 Å². The van der Waals surface area contributed by atoms with Gasteiger partial charge < -0.3 is 60.0 Å². The smallest absolute Gasteiger partial charge is 0.343 e. The maximum Gasteiger partial charge on any atom is 0.417 e. The van der Waals surface area contributed by atoms with Crippen LogP contribution in [0.25, 0.3) is 0 Å². The molecule has 3 aliphatic carbocycles. The Labute approximate surface area is 608 Å². The number of nitrogens with zero attached hydrogens (tertiary/aromatic N) is 9. The minimum Gasteiger partial charge on any atom is -0.343 e. The van der Waals surface area contributed by atoms with E-state index in [1.54, 1.807) is 18.7 Å². The largest absolute Gasteiger partial charge is 0.417 e. The van der Waals surface area contributed by atoms with E-state index in [9.17, 15) is 59.9 Å². The normalized spacial score (nSPS) is 26.1. The van der Waals surface area contributed by atoms with Crippen molar-refractivity contribution in [1.29, 1.82) is 0 Å². The lowest BCUT2D eigenvalue weighted by molar-refractivity contribution is -0.157. The van der Waals surface area contributed by atoms with Crippen molar-refractivity contribution in [2.45, 2.75) is 209 Å². The number of hydrogen-bond donors (Lipinski definition) is 3. The Balaban J connectivity index is 1.18. The Morgan fingerprint density at radius 2 is 1.17 bits per heavy atom. The van der Waals surface area contributed by atoms with Gasteiger partial charge in [-0.25, -0.2) is 0 Å². The summed E-state index contributed by atoms with van der Waals surface area (Å²) in [6.07, 6.45) is -2.62. The van der Waals surface area contributed by atoms with Crippen LogP contribution < -0.4 is 16.0 Å². The van der Waals surface area contributed by atoms with Crippen LogP contribution in [0.2, 0.25) is 5.02 Å². The molecule has 3 aliphatic heterocycles. The minimum absolute atomic E-state index is 0.0381. The van der Waals surface area contributed by atoms with E-state index in [0.717, 1.165) is 87.7 Å². The topological polar surface area (TPSA) is 270 Å². The van der Waals surface area contributed by atoms with E-state index in [2.05, 4.69) is 16.0 Å². The molecule has 1 spiro atoms. The highest BCUT2D eigenvalue weighted by Gasteiger charge is 2.52. The molecule has 24 nitrogen and oxygen atoms in total. The number of alkyl halides is 6. The zero-order chi connectivity index (χ0) is 76.4. The van der Waals surface area contributed by atoms with Gasteiger partial charge in [0.1, 0.15) is 47.8 Å². The highest BCUT2D eigenvalue weighted by atomic mass is 35.5. The van der Waals surface area contributed by atoms with E-state index in [1.165, 1.54) is 68.9 Å². The predicted molar refractivity (Wildman–Crippen MR) is 371 cm³/mol. The average Bonchev–Trinajstić information content (AvgIpc) is 1.67. The fourth-order valence-corrected chi connectivity index (χ4v) is 15.8. The van der Waals surface area contributed by atoms with Crippen molar-refractivity contribution in [2.24, 2.45) is 17.8 Å². The number of hydrogen-bond acceptors (Lipinski definition) is 12. The van der Waals surface area contributed by atoms with Crippen LogP contribution in [0.3, 0.4) is 0 Å². The molecule has 8 atom stereocenters. The zero-order valence-electron chi connectivity index (χ0n) is 61.0. The van der Waals surface area contributed by atoms with Crippen molar-refractivity contribution < 1.29 is 83.9 Å². The number of likely N-dealkylation sites (N-methyl/N-ethyl adjacent to an activating group) is 7. The molecular weight excluding hydrogens is 1390 g/mol. The van der Waals surface area contributed by atoms with Crippen LogP contribution >= 0.6 is 11.6 Å². The molecule has 0 radical (unpaired) electrons. The molecule has 6 fully saturated rings. The van der Waals surface area contributed by atoms with Crippen LogP contribution in [0.1, 0.15) is 158 Å². The van der Waals surface area contributed by atoms with Crippen LogP contribution in [0.15, 0.2) is 42.5 Å². The first-order valence-electron chi connectivity index (χ1n) is 36.3. The summed E-state index contributed by atoms with van der Waals surface area (Å²) in [6, 6.07) is -2.67. The Morgan fingerprint density at radius 3 is 1.76 bits per heavy atom. The summed E-state index contributed by atoms with van der Waals surface area (Å²) in [7, 11) is 9.34. The summed E-state index contributed by atoms with van der Waals surface area (Å²) in [5.74, 6) is -10.2. The molecule has 3 N–H and O–H groups in total. The number of fused-ring (bicyclic) bond motifs is 1. The molecule has 2 aromatic rings. The van der Waals surface area contributed by atoms with Gasteiger partial charge >= 0.3 is 12.4 Å². The van der Waals surface area contributed by atoms with Crippen molar-refractivity contribution in [3.8, 4) is 0 Å². The Hall–Kier alpha value is -8.05. The fraction of sp³-hybridized carbons (Fsp3) is 0.671. The molecule has 0 bridgehead atoms. The molecule has 574 valence electrons. The van der Waals surface area contributed by atoms with Gasteiger partial charge in [0, 0.05) is 75.4 Å². The van der Waals surface area contributed by atoms with E-state index in [0.29, 0.717) is 70.9 Å². The van der Waals surface area contributed by atoms with Gasteiger partial charge in [0.05, 0.1) is 42.2 Å². The van der Waals surface area contributed by atoms with Gasteiger partial charge in [-0.1, -0.05) is 88.6 Å². The number of rotatable bonds is 10. The predicted octanol–water partition coefficient (Wildman–Crippen LogP) is 6.08. The van der Waals surface area contributed by atoms with Crippen LogP contribution in [-0.4, -0.2) is 251 Å². The van der Waals surface area contributed by atoms with E-state index in [4.69, 9.17) is 11.6 Å². The minimum atomic E-state index is -4.81. The van der Waals surface area contributed by atoms with Crippen LogP contribution in [-0.2, 0) is 82.7 Å². The highest BCUT2D eigenvalue weighted by Crippen LogP contribution is 2.39. The first kappa shape index (κ1) is 81.6. The zero-order valence-corrected chi connectivity index (χ0v) is 61.7. The van der Waals surface area contributed by atoms with Gasteiger partial charge in [-0.15, -0.1) is 0 Å². The van der Waals surface area contributed by atoms with Crippen molar-refractivity contribution >= 4 is 82.5 Å². The second-order valence-corrected chi connectivity index (χ2v) is 29.9. The number of carbonyl (C=O) groups excluding carboxylic acids is 12. The third kappa shape index (κ3) is 19.3. The SMILES string of the molecule is CC[C@H](C)[C@@H]1NC(=O)[C@H](C2CCC2)N(C)C(=O)C[C@@H](C(=O)N2CCCC2)N(C)C(=O)[C@H](C2CCCCC2)N(C)C(=O)C2(CCCC2)NC(=O)C2CCCN2C(=O)[C@H](CCc2ccc(C(F)(F)F)c(Cl)c2)NC(=O)CN(C)C(=O)[C@H](Cc2ccc(C(F)(F)F)cc2)N(C)C(=O)CN(C)C(=O)CN(C)C1=O. The Bertz CT molecular complexity index is 3490. The van der Waals surface area contributed by atoms with Crippen molar-refractivity contribution in [1.82, 2.24) is 60.0 Å². The molecule has 6 aliphatic rings. The summed E-state index contributed by atoms with van der Waals surface area (Å²) < 4.78 is 83.1. The quantitative estimate of drug-likeness (QED) is 0.229. The summed E-state index contributed by atoms with van der Waals surface area (Å²) in [5.41, 5.74) is -3.38. The van der Waals surface area contributed by atoms with Crippen molar-refractivity contribution in [3.63, 3.8) is 0 Å². The molecular formula is C73H101ClF6N12O12. The Kier molecular flexibility index (Phi) is 27.4. The summed E-state index contributed by atoms with van der Waals surface area (Å²) in [5, 5.41) is 7.95. The number of aryl methyl sites for hydroxylation is 1. The first-order valence-corrected chi connectivity index (χ1v) is 36.7. The Morgan fingerprint density at radius 1 is 0.577 bits per heavy atom. The van der Waals surface area contributed by atoms with Gasteiger partial charge in [-0.05, 0) is 130 Å². The molecule has 31 heteroatoms. The third-order valence-electron chi connectivity index (χ3n) is 22.3. The molecule has 3 saturated heterocycles. The number of benzene rings is 2. The average molecular weight is 1490 g/mol. The number of amides is 12. The van der Waals surface area contributed by atoms with Gasteiger partial charge in [-0.2, -0.15) is 26.3 Å². The van der Waals surface area contributed by atoms with E-state index in [-0.39, 0.29) is 62.1 Å². The number of halogens is 7. The second-order valence-electron chi connectivity index (χ2n) is 29.5. The summed E-state index contributed by atoms with van der Waals surface area (Å²) >= 11 is 6.13. The van der Waals surface area contributed by atoms with Gasteiger partial charge in [0.15, 0.2) is 0 Å². The van der Waals surface area contributed by atoms with E-state index >= 15 is 24.0 Å². The number of likely N-dealkylation sites (tertiary alicyclic amines) is 1. The maximum absolute atomic E-state index is 15.8. The monoisotopic (exact) mass is 1490 g/mol. The van der Waals surface area contributed by atoms with Crippen LogP contribution in [0, 0.1) is 17.8 Å².